The van der Waals surface area contributed by atoms with Gasteiger partial charge in [-0.05, 0) is 85.3 Å². The lowest BCUT2D eigenvalue weighted by atomic mass is 10.2. The van der Waals surface area contributed by atoms with Crippen molar-refractivity contribution in [3.8, 4) is 0 Å². The van der Waals surface area contributed by atoms with Crippen LogP contribution in [0.3, 0.4) is 0 Å². The zero-order chi connectivity index (χ0) is 26.2. The third-order valence-corrected chi connectivity index (χ3v) is 8.72. The summed E-state index contributed by atoms with van der Waals surface area (Å²) >= 11 is 13.5. The van der Waals surface area contributed by atoms with E-state index in [0.717, 1.165) is 15.8 Å². The van der Waals surface area contributed by atoms with Crippen LogP contribution in [0.15, 0.2) is 88.4 Å². The van der Waals surface area contributed by atoms with Crippen molar-refractivity contribution < 1.29 is 17.6 Å². The van der Waals surface area contributed by atoms with E-state index in [2.05, 4.69) is 4.72 Å². The summed E-state index contributed by atoms with van der Waals surface area (Å²) in [5.74, 6) is 0.279. The lowest BCUT2D eigenvalue weighted by molar-refractivity contribution is 0.0983. The van der Waals surface area contributed by atoms with Crippen molar-refractivity contribution in [2.75, 3.05) is 9.62 Å². The highest BCUT2D eigenvalue weighted by Crippen LogP contribution is 2.35. The van der Waals surface area contributed by atoms with Gasteiger partial charge in [0.2, 0.25) is 0 Å². The number of halogens is 2. The van der Waals surface area contributed by atoms with E-state index in [4.69, 9.17) is 32.6 Å². The molecular formula is C26H19Cl2N3O4S2. The van der Waals surface area contributed by atoms with Gasteiger partial charge >= 0.3 is 0 Å². The molecule has 5 aromatic rings. The number of thiazole rings is 1. The van der Waals surface area contributed by atoms with E-state index >= 15 is 0 Å². The molecule has 188 valence electrons. The lowest BCUT2D eigenvalue weighted by Crippen LogP contribution is -2.30. The van der Waals surface area contributed by atoms with Crippen LogP contribution in [0.1, 0.15) is 21.7 Å². The van der Waals surface area contributed by atoms with Crippen LogP contribution in [0.5, 0.6) is 0 Å². The maximum atomic E-state index is 13.6. The standard InChI is InChI=1S/C26H19Cl2N3O4S2/c1-16-22(28)12-13-23-24(16)29-26(36-23)31(15-20-3-2-14-35-20)25(32)17-4-8-19(9-5-17)30-37(33,34)21-10-6-18(27)7-11-21/h2-14,30H,15H2,1H3. The Bertz CT molecular complexity index is 1680. The summed E-state index contributed by atoms with van der Waals surface area (Å²) in [6.07, 6.45) is 1.54. The van der Waals surface area contributed by atoms with E-state index in [1.165, 1.54) is 52.6 Å². The number of amides is 1. The highest BCUT2D eigenvalue weighted by molar-refractivity contribution is 7.92. The molecule has 0 aliphatic heterocycles. The van der Waals surface area contributed by atoms with Gasteiger partial charge in [0.25, 0.3) is 15.9 Å². The number of aryl methyl sites for hydroxylation is 1. The molecule has 0 saturated heterocycles. The highest BCUT2D eigenvalue weighted by Gasteiger charge is 2.24. The first-order valence-corrected chi connectivity index (χ1v) is 14.1. The first-order chi connectivity index (χ1) is 17.7. The second-order valence-corrected chi connectivity index (χ2v) is 11.7. The zero-order valence-electron chi connectivity index (χ0n) is 19.3. The second-order valence-electron chi connectivity index (χ2n) is 8.12. The van der Waals surface area contributed by atoms with Crippen molar-refractivity contribution in [3.05, 3.63) is 106 Å². The van der Waals surface area contributed by atoms with Gasteiger partial charge in [-0.1, -0.05) is 34.5 Å². The van der Waals surface area contributed by atoms with Gasteiger partial charge in [-0.2, -0.15) is 0 Å². The molecule has 1 amide bonds. The number of hydrogen-bond acceptors (Lipinski definition) is 6. The molecule has 5 rings (SSSR count). The number of anilines is 2. The van der Waals surface area contributed by atoms with Crippen LogP contribution in [0, 0.1) is 6.92 Å². The van der Waals surface area contributed by atoms with Gasteiger partial charge in [0.15, 0.2) is 5.13 Å². The van der Waals surface area contributed by atoms with Crippen LogP contribution in [0.25, 0.3) is 10.2 Å². The molecule has 0 fully saturated rings. The molecule has 0 aliphatic carbocycles. The van der Waals surface area contributed by atoms with Gasteiger partial charge in [0, 0.05) is 21.3 Å². The Morgan fingerprint density at radius 2 is 1.76 bits per heavy atom. The monoisotopic (exact) mass is 571 g/mol. The van der Waals surface area contributed by atoms with E-state index in [-0.39, 0.29) is 17.3 Å². The first kappa shape index (κ1) is 25.3. The molecule has 0 unspecified atom stereocenters. The van der Waals surface area contributed by atoms with Crippen molar-refractivity contribution in [2.24, 2.45) is 0 Å². The number of carbonyl (C=O) groups excluding carboxylic acids is 1. The molecule has 2 heterocycles. The van der Waals surface area contributed by atoms with Crippen LogP contribution in [-0.4, -0.2) is 19.3 Å². The topological polar surface area (TPSA) is 92.5 Å². The number of benzene rings is 3. The smallest absolute Gasteiger partial charge is 0.261 e. The van der Waals surface area contributed by atoms with E-state index < -0.39 is 10.0 Å². The number of rotatable bonds is 7. The number of fused-ring (bicyclic) bond motifs is 1. The van der Waals surface area contributed by atoms with Gasteiger partial charge in [-0.15, -0.1) is 0 Å². The maximum Gasteiger partial charge on any atom is 0.261 e. The zero-order valence-corrected chi connectivity index (χ0v) is 22.5. The fourth-order valence-corrected chi connectivity index (χ4v) is 6.01. The first-order valence-electron chi connectivity index (χ1n) is 11.0. The molecule has 0 spiro atoms. The fourth-order valence-electron chi connectivity index (χ4n) is 3.65. The molecule has 37 heavy (non-hydrogen) atoms. The third-order valence-electron chi connectivity index (χ3n) is 5.61. The lowest BCUT2D eigenvalue weighted by Gasteiger charge is -2.19. The summed E-state index contributed by atoms with van der Waals surface area (Å²) in [5.41, 5.74) is 2.24. The molecule has 7 nitrogen and oxygen atoms in total. The Balaban J connectivity index is 1.43. The normalized spacial score (nSPS) is 11.5. The van der Waals surface area contributed by atoms with Gasteiger partial charge in [-0.3, -0.25) is 14.4 Å². The Hall–Kier alpha value is -3.37. The predicted octanol–water partition coefficient (Wildman–Crippen LogP) is 7.15. The van der Waals surface area contributed by atoms with Crippen LogP contribution in [-0.2, 0) is 16.6 Å². The van der Waals surface area contributed by atoms with Crippen molar-refractivity contribution >= 4 is 71.5 Å². The van der Waals surface area contributed by atoms with E-state index in [1.807, 2.05) is 19.1 Å². The summed E-state index contributed by atoms with van der Waals surface area (Å²) < 4.78 is 34.3. The van der Waals surface area contributed by atoms with Crippen LogP contribution in [0.4, 0.5) is 10.8 Å². The minimum atomic E-state index is -3.81. The molecule has 1 N–H and O–H groups in total. The molecule has 0 bridgehead atoms. The predicted molar refractivity (Wildman–Crippen MR) is 147 cm³/mol. The minimum absolute atomic E-state index is 0.0768. The van der Waals surface area contributed by atoms with Crippen LogP contribution in [0.2, 0.25) is 10.0 Å². The van der Waals surface area contributed by atoms with E-state index in [0.29, 0.717) is 32.2 Å². The SMILES string of the molecule is Cc1c(Cl)ccc2sc(N(Cc3ccco3)C(=O)c3ccc(NS(=O)(=O)c4ccc(Cl)cc4)cc3)nc12. The summed E-state index contributed by atoms with van der Waals surface area (Å²) in [6.45, 7) is 2.06. The number of hydrogen-bond donors (Lipinski definition) is 1. The van der Waals surface area contributed by atoms with Gasteiger partial charge in [0.1, 0.15) is 5.76 Å². The molecule has 0 aliphatic rings. The summed E-state index contributed by atoms with van der Waals surface area (Å²) in [5, 5.41) is 1.53. The Morgan fingerprint density at radius 3 is 2.43 bits per heavy atom. The van der Waals surface area contributed by atoms with E-state index in [9.17, 15) is 13.2 Å². The van der Waals surface area contributed by atoms with Crippen molar-refractivity contribution in [3.63, 3.8) is 0 Å². The third kappa shape index (κ3) is 5.35. The summed E-state index contributed by atoms with van der Waals surface area (Å²) in [4.78, 5) is 19.9. The van der Waals surface area contributed by atoms with Crippen molar-refractivity contribution in [2.45, 2.75) is 18.4 Å². The fraction of sp³-hybridized carbons (Fsp3) is 0.0769. The Kier molecular flexibility index (Phi) is 6.96. The highest BCUT2D eigenvalue weighted by atomic mass is 35.5. The van der Waals surface area contributed by atoms with Gasteiger partial charge in [-0.25, -0.2) is 13.4 Å². The summed E-state index contributed by atoms with van der Waals surface area (Å²) in [7, 11) is -3.81. The quantitative estimate of drug-likeness (QED) is 0.224. The Morgan fingerprint density at radius 1 is 1.03 bits per heavy atom. The maximum absolute atomic E-state index is 13.6. The van der Waals surface area contributed by atoms with Crippen LogP contribution < -0.4 is 9.62 Å². The van der Waals surface area contributed by atoms with Crippen molar-refractivity contribution in [1.29, 1.82) is 0 Å². The molecular weight excluding hydrogens is 553 g/mol. The number of nitrogens with one attached hydrogen (secondary N) is 1. The summed E-state index contributed by atoms with van der Waals surface area (Å²) in [6, 6.07) is 19.3. The largest absolute Gasteiger partial charge is 0.467 e. The Labute approximate surface area is 227 Å². The van der Waals surface area contributed by atoms with Crippen LogP contribution >= 0.6 is 34.5 Å². The van der Waals surface area contributed by atoms with Crippen molar-refractivity contribution in [1.82, 2.24) is 4.98 Å². The number of furan rings is 1. The molecule has 3 aromatic carbocycles. The second kappa shape index (κ2) is 10.2. The number of carbonyl (C=O) groups is 1. The molecule has 0 radical (unpaired) electrons. The van der Waals surface area contributed by atoms with Gasteiger partial charge < -0.3 is 4.42 Å². The molecule has 0 atom stereocenters. The molecule has 0 saturated carbocycles. The molecule has 2 aromatic heterocycles. The number of aromatic nitrogens is 1. The average Bonchev–Trinajstić information content (AvgIpc) is 3.55. The van der Waals surface area contributed by atoms with Gasteiger partial charge in [0.05, 0.1) is 27.9 Å². The average molecular weight is 572 g/mol. The number of nitrogens with zero attached hydrogens (tertiary/aromatic N) is 2. The number of sulfonamides is 1. The van der Waals surface area contributed by atoms with E-state index in [1.54, 1.807) is 30.5 Å². The minimum Gasteiger partial charge on any atom is -0.467 e. The molecule has 11 heteroatoms.